The number of hydrogen-bond acceptors (Lipinski definition) is 6. The smallest absolute Gasteiger partial charge is 0.321 e. The van der Waals surface area contributed by atoms with Crippen LogP contribution in [-0.4, -0.2) is 57.9 Å². The molecule has 0 aromatic carbocycles. The van der Waals surface area contributed by atoms with Crippen LogP contribution in [0.5, 0.6) is 0 Å². The molecule has 7 unspecified atom stereocenters. The zero-order chi connectivity index (χ0) is 19.0. The Morgan fingerprint density at radius 2 is 1.58 bits per heavy atom. The van der Waals surface area contributed by atoms with Gasteiger partial charge in [-0.05, 0) is 18.8 Å². The maximum absolute atomic E-state index is 12.8. The van der Waals surface area contributed by atoms with E-state index in [-0.39, 0.29) is 42.3 Å². The number of aliphatic carboxylic acids is 2. The normalized spacial score (nSPS) is 39.8. The number of rotatable bonds is 5. The van der Waals surface area contributed by atoms with Crippen molar-refractivity contribution in [3.63, 3.8) is 0 Å². The molecular formula is C18H26N2O6. The molecule has 7 atom stereocenters. The van der Waals surface area contributed by atoms with Crippen LogP contribution >= 0.6 is 0 Å². The van der Waals surface area contributed by atoms with Gasteiger partial charge in [0.05, 0.1) is 0 Å². The maximum Gasteiger partial charge on any atom is 0.321 e. The van der Waals surface area contributed by atoms with Gasteiger partial charge in [0.15, 0.2) is 0 Å². The summed E-state index contributed by atoms with van der Waals surface area (Å²) >= 11 is 0. The molecular weight excluding hydrogens is 340 g/mol. The average molecular weight is 366 g/mol. The number of fused-ring (bicyclic) bond motifs is 3. The van der Waals surface area contributed by atoms with Crippen molar-refractivity contribution in [3.05, 3.63) is 0 Å². The predicted octanol–water partition coefficient (Wildman–Crippen LogP) is 0.197. The molecule has 26 heavy (non-hydrogen) atoms. The fourth-order valence-electron chi connectivity index (χ4n) is 4.93. The van der Waals surface area contributed by atoms with Gasteiger partial charge >= 0.3 is 11.9 Å². The number of carboxylic acids is 2. The first kappa shape index (κ1) is 19.0. The van der Waals surface area contributed by atoms with Crippen LogP contribution < -0.4 is 10.6 Å². The minimum atomic E-state index is -1.10. The lowest BCUT2D eigenvalue weighted by molar-refractivity contribution is -0.152. The number of hydrogen-bond donors (Lipinski definition) is 4. The highest BCUT2D eigenvalue weighted by Gasteiger charge is 2.55. The first-order chi connectivity index (χ1) is 12.3. The number of unbranched alkanes of at least 4 members (excludes halogenated alkanes) is 1. The third kappa shape index (κ3) is 3.40. The zero-order valence-corrected chi connectivity index (χ0v) is 14.8. The van der Waals surface area contributed by atoms with Crippen molar-refractivity contribution in [3.8, 4) is 0 Å². The third-order valence-corrected chi connectivity index (χ3v) is 6.18. The fourth-order valence-corrected chi connectivity index (χ4v) is 4.93. The van der Waals surface area contributed by atoms with E-state index in [1.54, 1.807) is 0 Å². The molecule has 144 valence electrons. The molecule has 3 fully saturated rings. The van der Waals surface area contributed by atoms with E-state index in [4.69, 9.17) is 0 Å². The lowest BCUT2D eigenvalue weighted by Crippen LogP contribution is -2.70. The molecule has 0 bridgehead atoms. The Labute approximate surface area is 151 Å². The number of piperidine rings is 2. The highest BCUT2D eigenvalue weighted by molar-refractivity contribution is 5.93. The number of carbonyl (C=O) groups is 4. The molecule has 2 aliphatic heterocycles. The Balaban J connectivity index is 1.90. The van der Waals surface area contributed by atoms with Gasteiger partial charge in [0.1, 0.15) is 23.7 Å². The number of nitrogens with one attached hydrogen (secondary N) is 2. The Bertz CT molecular complexity index is 621. The van der Waals surface area contributed by atoms with Crippen molar-refractivity contribution in [1.29, 1.82) is 0 Å². The van der Waals surface area contributed by atoms with Crippen LogP contribution in [0.4, 0.5) is 0 Å². The van der Waals surface area contributed by atoms with Crippen molar-refractivity contribution < 1.29 is 29.4 Å². The summed E-state index contributed by atoms with van der Waals surface area (Å²) < 4.78 is 0. The van der Waals surface area contributed by atoms with Gasteiger partial charge in [0, 0.05) is 36.8 Å². The number of carbonyl (C=O) groups excluding carboxylic acids is 2. The van der Waals surface area contributed by atoms with Gasteiger partial charge in [-0.2, -0.15) is 0 Å². The molecule has 3 rings (SSSR count). The second-order valence-corrected chi connectivity index (χ2v) is 7.78. The van der Waals surface area contributed by atoms with E-state index in [1.807, 2.05) is 0 Å². The second-order valence-electron chi connectivity index (χ2n) is 7.78. The third-order valence-electron chi connectivity index (χ3n) is 6.18. The van der Waals surface area contributed by atoms with Gasteiger partial charge in [0.2, 0.25) is 0 Å². The van der Waals surface area contributed by atoms with E-state index in [1.165, 1.54) is 0 Å². The molecule has 0 aromatic heterocycles. The molecule has 2 saturated heterocycles. The van der Waals surface area contributed by atoms with Crippen molar-refractivity contribution >= 4 is 23.5 Å². The highest BCUT2D eigenvalue weighted by atomic mass is 16.4. The van der Waals surface area contributed by atoms with Gasteiger partial charge in [0.25, 0.3) is 0 Å². The summed E-state index contributed by atoms with van der Waals surface area (Å²) in [6.07, 6.45) is 3.12. The molecule has 8 heteroatoms. The van der Waals surface area contributed by atoms with Crippen LogP contribution in [0.3, 0.4) is 0 Å². The number of ketones is 2. The molecule has 2 heterocycles. The largest absolute Gasteiger partial charge is 0.480 e. The van der Waals surface area contributed by atoms with E-state index in [0.29, 0.717) is 6.42 Å². The van der Waals surface area contributed by atoms with E-state index in [9.17, 15) is 29.4 Å². The first-order valence-corrected chi connectivity index (χ1v) is 9.36. The van der Waals surface area contributed by atoms with Crippen LogP contribution in [0.25, 0.3) is 0 Å². The summed E-state index contributed by atoms with van der Waals surface area (Å²) in [5.74, 6) is -3.33. The van der Waals surface area contributed by atoms with Gasteiger partial charge < -0.3 is 15.5 Å². The predicted molar refractivity (Wildman–Crippen MR) is 90.6 cm³/mol. The molecule has 4 N–H and O–H groups in total. The molecule has 0 radical (unpaired) electrons. The van der Waals surface area contributed by atoms with Crippen molar-refractivity contribution in [2.24, 2.45) is 17.8 Å². The molecule has 8 nitrogen and oxygen atoms in total. The van der Waals surface area contributed by atoms with Crippen LogP contribution in [0, 0.1) is 17.8 Å². The monoisotopic (exact) mass is 366 g/mol. The summed E-state index contributed by atoms with van der Waals surface area (Å²) in [7, 11) is 0. The standard InChI is InChI=1S/C18H26N2O6/c1-2-3-4-8-5-9-12(21)6-10(17(23)24)20-16(9)14-13(22)7-11(18(25)26)19-15(8)14/h8-11,14-16,19-20H,2-7H2,1H3,(H,23,24)(H,25,26). The van der Waals surface area contributed by atoms with Gasteiger partial charge in [-0.15, -0.1) is 0 Å². The van der Waals surface area contributed by atoms with Crippen LogP contribution in [0.1, 0.15) is 45.4 Å². The molecule has 1 aliphatic carbocycles. The molecule has 0 spiro atoms. The van der Waals surface area contributed by atoms with Crippen LogP contribution in [0.2, 0.25) is 0 Å². The van der Waals surface area contributed by atoms with E-state index in [0.717, 1.165) is 19.3 Å². The average Bonchev–Trinajstić information content (AvgIpc) is 2.59. The van der Waals surface area contributed by atoms with Crippen LogP contribution in [-0.2, 0) is 19.2 Å². The fraction of sp³-hybridized carbons (Fsp3) is 0.778. The summed E-state index contributed by atoms with van der Waals surface area (Å²) in [6.45, 7) is 2.06. The van der Waals surface area contributed by atoms with E-state index in [2.05, 4.69) is 17.6 Å². The van der Waals surface area contributed by atoms with E-state index >= 15 is 0 Å². The van der Waals surface area contributed by atoms with Crippen molar-refractivity contribution in [2.75, 3.05) is 0 Å². The summed E-state index contributed by atoms with van der Waals surface area (Å²) in [4.78, 5) is 48.2. The second kappa shape index (κ2) is 7.44. The first-order valence-electron chi connectivity index (χ1n) is 9.36. The SMILES string of the molecule is CCCCC1CC2C(=O)CC(C(=O)O)NC2C2C(=O)CC(C(=O)O)NC12. The maximum atomic E-state index is 12.8. The van der Waals surface area contributed by atoms with Gasteiger partial charge in [-0.1, -0.05) is 19.8 Å². The molecule has 1 saturated carbocycles. The molecule has 0 aromatic rings. The number of carboxylic acid groups (broad SMARTS) is 2. The summed E-state index contributed by atoms with van der Waals surface area (Å²) in [6, 6.07) is -2.77. The van der Waals surface area contributed by atoms with Crippen LogP contribution in [0.15, 0.2) is 0 Å². The summed E-state index contributed by atoms with van der Waals surface area (Å²) in [5, 5.41) is 24.8. The Morgan fingerprint density at radius 1 is 1.00 bits per heavy atom. The van der Waals surface area contributed by atoms with Crippen molar-refractivity contribution in [1.82, 2.24) is 10.6 Å². The molecule has 3 aliphatic rings. The minimum absolute atomic E-state index is 0.0411. The van der Waals surface area contributed by atoms with Gasteiger partial charge in [-0.25, -0.2) is 0 Å². The van der Waals surface area contributed by atoms with Crippen molar-refractivity contribution in [2.45, 2.75) is 69.6 Å². The quantitative estimate of drug-likeness (QED) is 0.542. The zero-order valence-electron chi connectivity index (χ0n) is 14.8. The topological polar surface area (TPSA) is 133 Å². The van der Waals surface area contributed by atoms with Gasteiger partial charge in [-0.3, -0.25) is 24.5 Å². The highest BCUT2D eigenvalue weighted by Crippen LogP contribution is 2.42. The summed E-state index contributed by atoms with van der Waals surface area (Å²) in [5.41, 5.74) is 0. The lowest BCUT2D eigenvalue weighted by Gasteiger charge is -2.52. The minimum Gasteiger partial charge on any atom is -0.480 e. The lowest BCUT2D eigenvalue weighted by atomic mass is 9.60. The number of Topliss-reactive ketones (excluding diaryl/α,β-unsaturated/α-hetero) is 2. The Morgan fingerprint density at radius 3 is 2.15 bits per heavy atom. The van der Waals surface area contributed by atoms with E-state index < -0.39 is 36.0 Å². The molecule has 0 amide bonds. The Kier molecular flexibility index (Phi) is 5.43. The Hall–Kier alpha value is -1.80.